The van der Waals surface area contributed by atoms with Gasteiger partial charge in [0, 0.05) is 77.7 Å². The first-order valence-corrected chi connectivity index (χ1v) is 22.3. The van der Waals surface area contributed by atoms with Gasteiger partial charge in [0.1, 0.15) is 0 Å². The van der Waals surface area contributed by atoms with Gasteiger partial charge >= 0.3 is 0 Å². The summed E-state index contributed by atoms with van der Waals surface area (Å²) in [6.07, 6.45) is 0. The van der Waals surface area contributed by atoms with E-state index in [1.807, 2.05) is 11.8 Å². The maximum atomic E-state index is 3.97. The number of aryl methyl sites for hydroxylation is 6. The van der Waals surface area contributed by atoms with Gasteiger partial charge in [0.15, 0.2) is 0 Å². The van der Waals surface area contributed by atoms with Crippen LogP contribution in [0.25, 0.3) is 43.6 Å². The number of fused-ring (bicyclic) bond motifs is 8. The van der Waals surface area contributed by atoms with E-state index in [1.165, 1.54) is 86.8 Å². The van der Waals surface area contributed by atoms with Crippen molar-refractivity contribution in [3.8, 4) is 23.7 Å². The Morgan fingerprint density at radius 1 is 0.467 bits per heavy atom. The molecule has 0 radical (unpaired) electrons. The predicted octanol–water partition coefficient (Wildman–Crippen LogP) is 14.8. The van der Waals surface area contributed by atoms with Crippen molar-refractivity contribution in [1.29, 1.82) is 0 Å². The fourth-order valence-electron chi connectivity index (χ4n) is 9.07. The number of benzene rings is 6. The second kappa shape index (κ2) is 14.4. The minimum absolute atomic E-state index is 0.0575. The molecule has 3 heterocycles. The Morgan fingerprint density at radius 2 is 0.850 bits per heavy atom. The van der Waals surface area contributed by atoms with E-state index in [4.69, 9.17) is 0 Å². The number of nitrogens with zero attached hydrogens (tertiary/aromatic N) is 2. The summed E-state index contributed by atoms with van der Waals surface area (Å²) in [5, 5.41) is 9.09. The van der Waals surface area contributed by atoms with E-state index in [-0.39, 0.29) is 10.8 Å². The summed E-state index contributed by atoms with van der Waals surface area (Å²) >= 11 is 1.84. The van der Waals surface area contributed by atoms with E-state index in [1.54, 1.807) is 0 Å². The molecule has 0 fully saturated rings. The lowest BCUT2D eigenvalue weighted by Crippen LogP contribution is -2.15. The molecule has 1 N–H and O–H groups in total. The molecule has 9 rings (SSSR count). The van der Waals surface area contributed by atoms with Gasteiger partial charge in [-0.1, -0.05) is 100 Å². The molecule has 3 nitrogen and oxygen atoms in total. The Hall–Kier alpha value is -5.81. The van der Waals surface area contributed by atoms with Crippen LogP contribution in [0.3, 0.4) is 0 Å². The third kappa shape index (κ3) is 6.76. The number of hydrogen-bond acceptors (Lipinski definition) is 2. The molecule has 0 amide bonds. The molecule has 8 aromatic rings. The van der Waals surface area contributed by atoms with Gasteiger partial charge in [0.05, 0.1) is 22.4 Å². The van der Waals surface area contributed by atoms with Crippen molar-refractivity contribution in [1.82, 2.24) is 9.13 Å². The van der Waals surface area contributed by atoms with Crippen LogP contribution in [-0.2, 0) is 23.9 Å². The van der Waals surface area contributed by atoms with Crippen molar-refractivity contribution in [3.05, 3.63) is 141 Å². The summed E-state index contributed by atoms with van der Waals surface area (Å²) in [4.78, 5) is 2.39. The van der Waals surface area contributed by atoms with E-state index < -0.39 is 0 Å². The van der Waals surface area contributed by atoms with Gasteiger partial charge in [-0.2, -0.15) is 0 Å². The summed E-state index contributed by atoms with van der Waals surface area (Å²) in [7, 11) is 0. The number of hydrogen-bond donors (Lipinski definition) is 1. The summed E-state index contributed by atoms with van der Waals surface area (Å²) in [5.74, 6) is 15.0. The van der Waals surface area contributed by atoms with Crippen LogP contribution in [0, 0.1) is 51.4 Å². The zero-order valence-corrected chi connectivity index (χ0v) is 38.1. The Bertz CT molecular complexity index is 3020. The second-order valence-corrected chi connectivity index (χ2v) is 20.1. The van der Waals surface area contributed by atoms with Crippen LogP contribution in [-0.4, -0.2) is 9.13 Å². The highest BCUT2D eigenvalue weighted by Gasteiger charge is 2.27. The van der Waals surface area contributed by atoms with E-state index in [2.05, 4.69) is 206 Å². The fourth-order valence-corrected chi connectivity index (χ4v) is 10.2. The highest BCUT2D eigenvalue weighted by Crippen LogP contribution is 2.50. The zero-order valence-electron chi connectivity index (χ0n) is 37.3. The molecule has 1 aliphatic heterocycles. The molecular weight excluding hydrogens is 747 g/mol. The quantitative estimate of drug-likeness (QED) is 0.176. The van der Waals surface area contributed by atoms with E-state index in [9.17, 15) is 0 Å². The van der Waals surface area contributed by atoms with E-state index in [0.29, 0.717) is 0 Å². The average molecular weight is 802 g/mol. The van der Waals surface area contributed by atoms with Crippen molar-refractivity contribution >= 4 is 66.7 Å². The highest BCUT2D eigenvalue weighted by atomic mass is 32.2. The number of rotatable bonds is 2. The van der Waals surface area contributed by atoms with Crippen LogP contribution in [0.5, 0.6) is 0 Å². The van der Waals surface area contributed by atoms with Crippen LogP contribution in [0.2, 0.25) is 0 Å². The van der Waals surface area contributed by atoms with Crippen LogP contribution < -0.4 is 5.32 Å². The van der Waals surface area contributed by atoms with Gasteiger partial charge < -0.3 is 14.5 Å². The third-order valence-corrected chi connectivity index (χ3v) is 13.3. The molecule has 0 unspecified atom stereocenters. The van der Waals surface area contributed by atoms with Crippen molar-refractivity contribution in [2.45, 2.75) is 117 Å². The number of nitrogens with one attached hydrogen (secondary N) is 1. The molecule has 0 aliphatic carbocycles. The van der Waals surface area contributed by atoms with Crippen molar-refractivity contribution in [2.24, 2.45) is 0 Å². The Labute approximate surface area is 360 Å². The molecule has 0 bridgehead atoms. The largest absolute Gasteiger partial charge is 0.352 e. The Balaban J connectivity index is 1.23. The smallest absolute Gasteiger partial charge is 0.0686 e. The molecule has 0 saturated heterocycles. The molecule has 60 heavy (non-hydrogen) atoms. The Morgan fingerprint density at radius 3 is 1.23 bits per heavy atom. The minimum atomic E-state index is -0.0575. The molecule has 300 valence electrons. The summed E-state index contributed by atoms with van der Waals surface area (Å²) in [6, 6.07) is 32.1. The maximum absolute atomic E-state index is 3.97. The molecular formula is C56H55N3S. The highest BCUT2D eigenvalue weighted by molar-refractivity contribution is 7.99. The molecule has 4 heteroatoms. The number of aromatic nitrogens is 2. The monoisotopic (exact) mass is 801 g/mol. The minimum Gasteiger partial charge on any atom is -0.352 e. The lowest BCUT2D eigenvalue weighted by Gasteiger charge is -2.29. The van der Waals surface area contributed by atoms with Gasteiger partial charge in [-0.05, 0) is 147 Å². The van der Waals surface area contributed by atoms with Crippen molar-refractivity contribution in [3.63, 3.8) is 0 Å². The van der Waals surface area contributed by atoms with Crippen molar-refractivity contribution in [2.75, 3.05) is 5.32 Å². The molecule has 0 saturated carbocycles. The normalized spacial score (nSPS) is 12.6. The lowest BCUT2D eigenvalue weighted by atomic mass is 9.85. The summed E-state index contributed by atoms with van der Waals surface area (Å²) in [6.45, 7) is 28.7. The van der Waals surface area contributed by atoms with Crippen LogP contribution in [0.4, 0.5) is 11.4 Å². The molecule has 0 spiro atoms. The fraction of sp³-hybridized carbons (Fsp3) is 0.286. The first-order valence-electron chi connectivity index (χ1n) is 21.4. The van der Waals surface area contributed by atoms with Gasteiger partial charge in [-0.15, -0.1) is 0 Å². The second-order valence-electron chi connectivity index (χ2n) is 19.0. The molecule has 1 aliphatic rings. The summed E-state index contributed by atoms with van der Waals surface area (Å²) < 4.78 is 4.86. The molecule has 2 aromatic heterocycles. The van der Waals surface area contributed by atoms with Crippen LogP contribution >= 0.6 is 11.8 Å². The number of anilines is 2. The van der Waals surface area contributed by atoms with Gasteiger partial charge in [-0.3, -0.25) is 0 Å². The zero-order chi connectivity index (χ0) is 42.4. The molecule has 0 atom stereocenters. The topological polar surface area (TPSA) is 21.9 Å². The lowest BCUT2D eigenvalue weighted by molar-refractivity contribution is 0.588. The van der Waals surface area contributed by atoms with Crippen molar-refractivity contribution < 1.29 is 0 Å². The van der Waals surface area contributed by atoms with Gasteiger partial charge in [0.2, 0.25) is 0 Å². The van der Waals surface area contributed by atoms with Gasteiger partial charge in [0.25, 0.3) is 0 Å². The first-order chi connectivity index (χ1) is 28.5. The Kier molecular flexibility index (Phi) is 9.54. The predicted molar refractivity (Wildman–Crippen MR) is 259 cm³/mol. The molecule has 6 aromatic carbocycles. The van der Waals surface area contributed by atoms with Gasteiger partial charge in [-0.25, -0.2) is 0 Å². The third-order valence-electron chi connectivity index (χ3n) is 12.2. The van der Waals surface area contributed by atoms with Crippen LogP contribution in [0.1, 0.15) is 111 Å². The van der Waals surface area contributed by atoms with E-state index >= 15 is 0 Å². The first kappa shape index (κ1) is 39.6. The SMILES string of the molecule is CCn1c2ccc(C)cc2c2cc(C)cc(C#Cc3cc(C(C)(C)C)cc4c3Nc3c(C#Cc5cc(C)cc6c7cc(C)ccc7n(CC)c56)cc(C(C)(C)C)cc3S4)c21. The van der Waals surface area contributed by atoms with E-state index in [0.717, 1.165) is 46.7 Å². The summed E-state index contributed by atoms with van der Waals surface area (Å²) in [5.41, 5.74) is 18.6. The van der Waals surface area contributed by atoms with Crippen LogP contribution in [0.15, 0.2) is 94.7 Å². The maximum Gasteiger partial charge on any atom is 0.0686 e. The standard InChI is InChI=1S/C56H55N3S/c1-13-58-47-21-15-33(3)25-43(47)45-27-35(5)23-39(53(45)58)19-17-37-29-41(55(7,8)9)31-49-51(37)57-52-38(30-42(56(10,11)12)32-50(52)60-49)18-20-40-24-36(6)28-46-44-26-34(4)16-22-48(44)59(14-2)54(40)46/h15-16,21-32,57H,13-14H2,1-12H3. The average Bonchev–Trinajstić information content (AvgIpc) is 3.67.